The SMILES string of the molecule is Cc1ccccc1-c1cc2c(cc1C)OCCO2. The average Bonchev–Trinajstić information content (AvgIpc) is 2.39. The molecule has 92 valence electrons. The number of hydrogen-bond donors (Lipinski definition) is 0. The molecule has 0 radical (unpaired) electrons. The summed E-state index contributed by atoms with van der Waals surface area (Å²) in [6.45, 7) is 5.50. The molecule has 0 unspecified atom stereocenters. The van der Waals surface area contributed by atoms with E-state index in [-0.39, 0.29) is 0 Å². The Morgan fingerprint density at radius 1 is 0.778 bits per heavy atom. The van der Waals surface area contributed by atoms with Crippen molar-refractivity contribution < 1.29 is 9.47 Å². The topological polar surface area (TPSA) is 18.5 Å². The Morgan fingerprint density at radius 2 is 1.44 bits per heavy atom. The van der Waals surface area contributed by atoms with Gasteiger partial charge in [-0.25, -0.2) is 0 Å². The summed E-state index contributed by atoms with van der Waals surface area (Å²) in [5.41, 5.74) is 4.97. The van der Waals surface area contributed by atoms with Crippen LogP contribution in [-0.4, -0.2) is 13.2 Å². The maximum Gasteiger partial charge on any atom is 0.161 e. The van der Waals surface area contributed by atoms with Crippen molar-refractivity contribution in [3.8, 4) is 22.6 Å². The molecule has 0 spiro atoms. The Kier molecular flexibility index (Phi) is 2.71. The van der Waals surface area contributed by atoms with Gasteiger partial charge in [-0.3, -0.25) is 0 Å². The Labute approximate surface area is 107 Å². The van der Waals surface area contributed by atoms with Gasteiger partial charge in [0.1, 0.15) is 13.2 Å². The van der Waals surface area contributed by atoms with Crippen LogP contribution in [0.1, 0.15) is 11.1 Å². The fourth-order valence-corrected chi connectivity index (χ4v) is 2.36. The van der Waals surface area contributed by atoms with Crippen molar-refractivity contribution in [1.29, 1.82) is 0 Å². The molecule has 2 aromatic carbocycles. The van der Waals surface area contributed by atoms with E-state index in [1.54, 1.807) is 0 Å². The van der Waals surface area contributed by atoms with E-state index in [1.807, 2.05) is 0 Å². The molecule has 0 aliphatic carbocycles. The van der Waals surface area contributed by atoms with Crippen LogP contribution in [0.25, 0.3) is 11.1 Å². The van der Waals surface area contributed by atoms with Crippen LogP contribution in [0.2, 0.25) is 0 Å². The van der Waals surface area contributed by atoms with Crippen LogP contribution in [0, 0.1) is 13.8 Å². The molecule has 0 saturated heterocycles. The number of fused-ring (bicyclic) bond motifs is 1. The zero-order chi connectivity index (χ0) is 12.5. The van der Waals surface area contributed by atoms with Crippen LogP contribution in [-0.2, 0) is 0 Å². The highest BCUT2D eigenvalue weighted by atomic mass is 16.6. The summed E-state index contributed by atoms with van der Waals surface area (Å²) in [5.74, 6) is 1.71. The molecule has 0 atom stereocenters. The van der Waals surface area contributed by atoms with Crippen LogP contribution < -0.4 is 9.47 Å². The minimum absolute atomic E-state index is 0.628. The van der Waals surface area contributed by atoms with Crippen LogP contribution in [0.4, 0.5) is 0 Å². The summed E-state index contributed by atoms with van der Waals surface area (Å²) < 4.78 is 11.3. The van der Waals surface area contributed by atoms with Crippen LogP contribution >= 0.6 is 0 Å². The second-order valence-electron chi connectivity index (χ2n) is 4.63. The van der Waals surface area contributed by atoms with Crippen molar-refractivity contribution in [3.63, 3.8) is 0 Å². The van der Waals surface area contributed by atoms with Gasteiger partial charge in [0.15, 0.2) is 11.5 Å². The van der Waals surface area contributed by atoms with Crippen molar-refractivity contribution in [3.05, 3.63) is 47.5 Å². The van der Waals surface area contributed by atoms with Crippen LogP contribution in [0.3, 0.4) is 0 Å². The molecular weight excluding hydrogens is 224 g/mol. The van der Waals surface area contributed by atoms with Gasteiger partial charge in [-0.1, -0.05) is 24.3 Å². The van der Waals surface area contributed by atoms with Gasteiger partial charge >= 0.3 is 0 Å². The molecule has 1 heterocycles. The fourth-order valence-electron chi connectivity index (χ4n) is 2.36. The first-order valence-corrected chi connectivity index (χ1v) is 6.22. The Balaban J connectivity index is 2.15. The molecule has 1 aliphatic heterocycles. The number of ether oxygens (including phenoxy) is 2. The van der Waals surface area contributed by atoms with E-state index >= 15 is 0 Å². The first kappa shape index (κ1) is 11.1. The molecule has 18 heavy (non-hydrogen) atoms. The molecule has 1 aliphatic rings. The third-order valence-electron chi connectivity index (χ3n) is 3.32. The van der Waals surface area contributed by atoms with Gasteiger partial charge in [0, 0.05) is 0 Å². The lowest BCUT2D eigenvalue weighted by Gasteiger charge is -2.21. The van der Waals surface area contributed by atoms with E-state index < -0.39 is 0 Å². The molecule has 0 amide bonds. The highest BCUT2D eigenvalue weighted by Gasteiger charge is 2.15. The van der Waals surface area contributed by atoms with Crippen molar-refractivity contribution >= 4 is 0 Å². The molecule has 2 aromatic rings. The van der Waals surface area contributed by atoms with E-state index in [0.29, 0.717) is 13.2 Å². The molecule has 0 saturated carbocycles. The lowest BCUT2D eigenvalue weighted by molar-refractivity contribution is 0.171. The van der Waals surface area contributed by atoms with Crippen molar-refractivity contribution in [2.75, 3.05) is 13.2 Å². The largest absolute Gasteiger partial charge is 0.486 e. The van der Waals surface area contributed by atoms with Crippen LogP contribution in [0.15, 0.2) is 36.4 Å². The third-order valence-corrected chi connectivity index (χ3v) is 3.32. The normalized spacial score (nSPS) is 13.4. The summed E-state index contributed by atoms with van der Waals surface area (Å²) in [7, 11) is 0. The summed E-state index contributed by atoms with van der Waals surface area (Å²) in [6.07, 6.45) is 0. The first-order valence-electron chi connectivity index (χ1n) is 6.22. The van der Waals surface area contributed by atoms with Crippen molar-refractivity contribution in [1.82, 2.24) is 0 Å². The maximum atomic E-state index is 5.66. The van der Waals surface area contributed by atoms with Gasteiger partial charge in [-0.2, -0.15) is 0 Å². The second-order valence-corrected chi connectivity index (χ2v) is 4.63. The van der Waals surface area contributed by atoms with Gasteiger partial charge in [-0.05, 0) is 48.2 Å². The predicted molar refractivity (Wildman–Crippen MR) is 72.3 cm³/mol. The highest BCUT2D eigenvalue weighted by molar-refractivity contribution is 5.73. The third kappa shape index (κ3) is 1.84. The summed E-state index contributed by atoms with van der Waals surface area (Å²) in [5, 5.41) is 0. The minimum atomic E-state index is 0.628. The number of rotatable bonds is 1. The van der Waals surface area contributed by atoms with Crippen molar-refractivity contribution in [2.45, 2.75) is 13.8 Å². The predicted octanol–water partition coefficient (Wildman–Crippen LogP) is 3.74. The molecule has 0 fully saturated rings. The van der Waals surface area contributed by atoms with Crippen LogP contribution in [0.5, 0.6) is 11.5 Å². The fraction of sp³-hybridized carbons (Fsp3) is 0.250. The Morgan fingerprint density at radius 3 is 2.17 bits per heavy atom. The quantitative estimate of drug-likeness (QED) is 0.756. The van der Waals surface area contributed by atoms with Crippen molar-refractivity contribution in [2.24, 2.45) is 0 Å². The van der Waals surface area contributed by atoms with Gasteiger partial charge in [0.05, 0.1) is 0 Å². The molecule has 0 aromatic heterocycles. The number of aryl methyl sites for hydroxylation is 2. The van der Waals surface area contributed by atoms with Gasteiger partial charge in [-0.15, -0.1) is 0 Å². The van der Waals surface area contributed by atoms with E-state index in [2.05, 4.69) is 50.2 Å². The summed E-state index contributed by atoms with van der Waals surface area (Å²) in [6, 6.07) is 12.6. The monoisotopic (exact) mass is 240 g/mol. The number of benzene rings is 2. The standard InChI is InChI=1S/C16H16O2/c1-11-5-3-4-6-13(11)14-10-16-15(9-12(14)2)17-7-8-18-16/h3-6,9-10H,7-8H2,1-2H3. The number of hydrogen-bond acceptors (Lipinski definition) is 2. The summed E-state index contributed by atoms with van der Waals surface area (Å²) in [4.78, 5) is 0. The molecule has 0 N–H and O–H groups in total. The lowest BCUT2D eigenvalue weighted by atomic mass is 9.96. The van der Waals surface area contributed by atoms with E-state index in [0.717, 1.165) is 11.5 Å². The second kappa shape index (κ2) is 4.37. The van der Waals surface area contributed by atoms with E-state index in [9.17, 15) is 0 Å². The molecule has 0 bridgehead atoms. The zero-order valence-corrected chi connectivity index (χ0v) is 10.7. The molecule has 2 heteroatoms. The van der Waals surface area contributed by atoms with Gasteiger partial charge < -0.3 is 9.47 Å². The van der Waals surface area contributed by atoms with E-state index in [1.165, 1.54) is 22.3 Å². The highest BCUT2D eigenvalue weighted by Crippen LogP contribution is 2.37. The van der Waals surface area contributed by atoms with E-state index in [4.69, 9.17) is 9.47 Å². The van der Waals surface area contributed by atoms with Gasteiger partial charge in [0.2, 0.25) is 0 Å². The average molecular weight is 240 g/mol. The molecule has 3 rings (SSSR count). The molecule has 2 nitrogen and oxygen atoms in total. The van der Waals surface area contributed by atoms with Gasteiger partial charge in [0.25, 0.3) is 0 Å². The molecular formula is C16H16O2. The zero-order valence-electron chi connectivity index (χ0n) is 10.7. The first-order chi connectivity index (χ1) is 8.75. The Bertz CT molecular complexity index is 588. The maximum absolute atomic E-state index is 5.66. The minimum Gasteiger partial charge on any atom is -0.486 e. The lowest BCUT2D eigenvalue weighted by Crippen LogP contribution is -2.15. The smallest absolute Gasteiger partial charge is 0.161 e. The Hall–Kier alpha value is -1.96. The summed E-state index contributed by atoms with van der Waals surface area (Å²) >= 11 is 0.